The summed E-state index contributed by atoms with van der Waals surface area (Å²) in [5, 5.41) is 28.1. The Balaban J connectivity index is 1.91. The Morgan fingerprint density at radius 1 is 1.26 bits per heavy atom. The Hall–Kier alpha value is -2.75. The van der Waals surface area contributed by atoms with Crippen LogP contribution in [0.25, 0.3) is 0 Å². The largest absolute Gasteiger partial charge is 0.508 e. The van der Waals surface area contributed by atoms with E-state index < -0.39 is 18.2 Å². The van der Waals surface area contributed by atoms with Crippen molar-refractivity contribution in [3.8, 4) is 11.8 Å². The van der Waals surface area contributed by atoms with Crippen LogP contribution in [-0.4, -0.2) is 50.6 Å². The fourth-order valence-corrected chi connectivity index (χ4v) is 3.35. The van der Waals surface area contributed by atoms with E-state index in [-0.39, 0.29) is 24.6 Å². The minimum Gasteiger partial charge on any atom is -0.508 e. The van der Waals surface area contributed by atoms with Crippen molar-refractivity contribution in [1.29, 1.82) is 5.26 Å². The number of carbonyl (C=O) groups excluding carboxylic acids is 1. The minimum absolute atomic E-state index is 0.0561. The van der Waals surface area contributed by atoms with Crippen molar-refractivity contribution < 1.29 is 19.8 Å². The number of aromatic hydroxyl groups is 1. The number of nitrogens with zero attached hydrogens (tertiary/aromatic N) is 3. The molecule has 0 saturated carbocycles. The summed E-state index contributed by atoms with van der Waals surface area (Å²) in [4.78, 5) is 26.9. The van der Waals surface area contributed by atoms with Crippen LogP contribution in [0, 0.1) is 11.3 Å². The zero-order chi connectivity index (χ0) is 16.6. The molecule has 3 rings (SSSR count). The van der Waals surface area contributed by atoms with E-state index in [1.165, 1.54) is 17.0 Å². The third-order valence-electron chi connectivity index (χ3n) is 4.54. The number of likely N-dealkylation sites (tertiary alicyclic amines) is 1. The average Bonchev–Trinajstić information content (AvgIpc) is 3.01. The predicted octanol–water partition coefficient (Wildman–Crippen LogP) is 1.31. The molecule has 0 radical (unpaired) electrons. The molecule has 2 N–H and O–H groups in total. The van der Waals surface area contributed by atoms with E-state index >= 15 is 0 Å². The SMILES string of the molecule is N#C[C@@H]1CCCN1C(=O)[C@H]1Cc2ccc(O)cc2CN1C(=O)O. The van der Waals surface area contributed by atoms with Crippen LogP contribution in [0.4, 0.5) is 4.79 Å². The van der Waals surface area contributed by atoms with E-state index in [0.717, 1.165) is 16.9 Å². The van der Waals surface area contributed by atoms with Crippen molar-refractivity contribution in [2.24, 2.45) is 0 Å². The first-order valence-electron chi connectivity index (χ1n) is 7.51. The van der Waals surface area contributed by atoms with E-state index in [9.17, 15) is 19.8 Å². The molecule has 0 bridgehead atoms. The monoisotopic (exact) mass is 315 g/mol. The second kappa shape index (κ2) is 5.80. The van der Waals surface area contributed by atoms with Gasteiger partial charge in [0.05, 0.1) is 12.6 Å². The molecule has 2 amide bonds. The summed E-state index contributed by atoms with van der Waals surface area (Å²) >= 11 is 0. The summed E-state index contributed by atoms with van der Waals surface area (Å²) in [5.41, 5.74) is 1.56. The lowest BCUT2D eigenvalue weighted by Gasteiger charge is -2.36. The smallest absolute Gasteiger partial charge is 0.408 e. The van der Waals surface area contributed by atoms with E-state index in [1.807, 2.05) is 0 Å². The second-order valence-corrected chi connectivity index (χ2v) is 5.90. The highest BCUT2D eigenvalue weighted by atomic mass is 16.4. The summed E-state index contributed by atoms with van der Waals surface area (Å²) in [7, 11) is 0. The van der Waals surface area contributed by atoms with E-state index in [0.29, 0.717) is 18.5 Å². The quantitative estimate of drug-likeness (QED) is 0.813. The lowest BCUT2D eigenvalue weighted by molar-refractivity contribution is -0.136. The number of amides is 2. The standard InChI is InChI=1S/C16H17N3O4/c17-8-12-2-1-5-18(12)15(21)14-7-10-3-4-13(20)6-11(10)9-19(14)16(22)23/h3-4,6,12,14,20H,1-2,5,7,9H2,(H,22,23)/t12-,14+/m0/s1. The lowest BCUT2D eigenvalue weighted by Crippen LogP contribution is -2.54. The van der Waals surface area contributed by atoms with Crippen LogP contribution in [0.5, 0.6) is 5.75 Å². The second-order valence-electron chi connectivity index (χ2n) is 5.90. The molecule has 0 aromatic heterocycles. The highest BCUT2D eigenvalue weighted by molar-refractivity contribution is 5.87. The fourth-order valence-electron chi connectivity index (χ4n) is 3.35. The van der Waals surface area contributed by atoms with Crippen molar-refractivity contribution in [3.05, 3.63) is 29.3 Å². The summed E-state index contributed by atoms with van der Waals surface area (Å²) < 4.78 is 0. The molecule has 2 atom stereocenters. The predicted molar refractivity (Wildman–Crippen MR) is 79.5 cm³/mol. The van der Waals surface area contributed by atoms with Gasteiger partial charge in [0.15, 0.2) is 0 Å². The minimum atomic E-state index is -1.18. The van der Waals surface area contributed by atoms with Gasteiger partial charge in [0.25, 0.3) is 0 Å². The van der Waals surface area contributed by atoms with Gasteiger partial charge in [-0.3, -0.25) is 9.69 Å². The number of rotatable bonds is 1. The molecule has 1 fully saturated rings. The normalized spacial score (nSPS) is 23.3. The lowest BCUT2D eigenvalue weighted by atomic mass is 9.93. The van der Waals surface area contributed by atoms with Crippen LogP contribution in [-0.2, 0) is 17.8 Å². The average molecular weight is 315 g/mol. The van der Waals surface area contributed by atoms with E-state index in [4.69, 9.17) is 5.26 Å². The Bertz CT molecular complexity index is 697. The summed E-state index contributed by atoms with van der Waals surface area (Å²) in [6.07, 6.45) is 0.473. The van der Waals surface area contributed by atoms with Crippen LogP contribution in [0.2, 0.25) is 0 Å². The molecule has 120 valence electrons. The van der Waals surface area contributed by atoms with Gasteiger partial charge in [-0.25, -0.2) is 4.79 Å². The maximum absolute atomic E-state index is 12.8. The Morgan fingerprint density at radius 3 is 2.74 bits per heavy atom. The molecule has 2 aliphatic heterocycles. The van der Waals surface area contributed by atoms with Gasteiger partial charge in [0.2, 0.25) is 5.91 Å². The number of hydrogen-bond donors (Lipinski definition) is 2. The first-order valence-corrected chi connectivity index (χ1v) is 7.51. The highest BCUT2D eigenvalue weighted by Gasteiger charge is 2.40. The Kier molecular flexibility index (Phi) is 3.82. The van der Waals surface area contributed by atoms with Crippen LogP contribution in [0.1, 0.15) is 24.0 Å². The zero-order valence-corrected chi connectivity index (χ0v) is 12.5. The van der Waals surface area contributed by atoms with Crippen LogP contribution in [0.3, 0.4) is 0 Å². The van der Waals surface area contributed by atoms with Crippen molar-refractivity contribution >= 4 is 12.0 Å². The molecule has 0 spiro atoms. The van der Waals surface area contributed by atoms with Crippen molar-refractivity contribution in [3.63, 3.8) is 0 Å². The molecule has 2 aliphatic rings. The van der Waals surface area contributed by atoms with Crippen LogP contribution < -0.4 is 0 Å². The molecule has 1 aromatic rings. The number of hydrogen-bond acceptors (Lipinski definition) is 4. The van der Waals surface area contributed by atoms with E-state index in [2.05, 4.69) is 6.07 Å². The highest BCUT2D eigenvalue weighted by Crippen LogP contribution is 2.29. The first kappa shape index (κ1) is 15.2. The van der Waals surface area contributed by atoms with Crippen LogP contribution >= 0.6 is 0 Å². The molecular weight excluding hydrogens is 298 g/mol. The molecule has 0 unspecified atom stereocenters. The van der Waals surface area contributed by atoms with Gasteiger partial charge in [-0.15, -0.1) is 0 Å². The number of carboxylic acid groups (broad SMARTS) is 1. The number of fused-ring (bicyclic) bond motifs is 1. The van der Waals surface area contributed by atoms with Crippen molar-refractivity contribution in [1.82, 2.24) is 9.80 Å². The van der Waals surface area contributed by atoms with Gasteiger partial charge in [0, 0.05) is 13.0 Å². The van der Waals surface area contributed by atoms with Gasteiger partial charge < -0.3 is 15.1 Å². The van der Waals surface area contributed by atoms with Gasteiger partial charge in [-0.1, -0.05) is 6.07 Å². The van der Waals surface area contributed by atoms with E-state index in [1.54, 1.807) is 6.07 Å². The Morgan fingerprint density at radius 2 is 2.04 bits per heavy atom. The number of phenols is 1. The molecular formula is C16H17N3O4. The topological polar surface area (TPSA) is 105 Å². The molecule has 7 heteroatoms. The van der Waals surface area contributed by atoms with Gasteiger partial charge in [0.1, 0.15) is 17.8 Å². The molecule has 23 heavy (non-hydrogen) atoms. The van der Waals surface area contributed by atoms with Crippen LogP contribution in [0.15, 0.2) is 18.2 Å². The molecule has 1 aromatic carbocycles. The first-order chi connectivity index (χ1) is 11.0. The third-order valence-corrected chi connectivity index (χ3v) is 4.54. The molecule has 2 heterocycles. The van der Waals surface area contributed by atoms with Crippen molar-refractivity contribution in [2.75, 3.05) is 6.54 Å². The van der Waals surface area contributed by atoms with Gasteiger partial charge >= 0.3 is 6.09 Å². The third kappa shape index (κ3) is 2.68. The summed E-state index contributed by atoms with van der Waals surface area (Å²) in [6.45, 7) is 0.546. The molecule has 0 aliphatic carbocycles. The Labute approximate surface area is 133 Å². The number of benzene rings is 1. The number of nitriles is 1. The van der Waals surface area contributed by atoms with Gasteiger partial charge in [-0.05, 0) is 36.1 Å². The fraction of sp³-hybridized carbons (Fsp3) is 0.438. The maximum Gasteiger partial charge on any atom is 0.408 e. The van der Waals surface area contributed by atoms with Gasteiger partial charge in [-0.2, -0.15) is 5.26 Å². The number of carbonyl (C=O) groups is 2. The van der Waals surface area contributed by atoms with Crippen molar-refractivity contribution in [2.45, 2.75) is 37.9 Å². The zero-order valence-electron chi connectivity index (χ0n) is 12.5. The molecule has 1 saturated heterocycles. The number of phenolic OH excluding ortho intramolecular Hbond substituents is 1. The summed E-state index contributed by atoms with van der Waals surface area (Å²) in [6, 6.07) is 5.60. The maximum atomic E-state index is 12.8. The summed E-state index contributed by atoms with van der Waals surface area (Å²) in [5.74, 6) is -0.238. The molecule has 7 nitrogen and oxygen atoms in total.